The summed E-state index contributed by atoms with van der Waals surface area (Å²) >= 11 is 1.39. The molecule has 5 aromatic rings. The highest BCUT2D eigenvalue weighted by molar-refractivity contribution is 8.00. The fraction of sp³-hybridized carbons (Fsp3) is 0.0882. The first-order valence-corrected chi connectivity index (χ1v) is 14.3. The number of carbonyl (C=O) groups excluding carboxylic acids is 3. The number of benzene rings is 4. The van der Waals surface area contributed by atoms with E-state index in [1.165, 1.54) is 11.8 Å². The van der Waals surface area contributed by atoms with Crippen molar-refractivity contribution < 1.29 is 14.4 Å². The SMILES string of the molecule is Cc1cccc(NC(=O)C(C)Sc2cccc(NC(=O)/C(=C/c3c[nH]c4ccccc34)NC(=O)c3ccccc3)c2)c1. The predicted octanol–water partition coefficient (Wildman–Crippen LogP) is 7.01. The van der Waals surface area contributed by atoms with Gasteiger partial charge >= 0.3 is 0 Å². The number of fused-ring (bicyclic) bond motifs is 1. The zero-order chi connectivity index (χ0) is 29.5. The van der Waals surface area contributed by atoms with Crippen LogP contribution in [0.15, 0.2) is 120 Å². The van der Waals surface area contributed by atoms with Crippen molar-refractivity contribution in [1.29, 1.82) is 0 Å². The van der Waals surface area contributed by atoms with Crippen LogP contribution in [0.4, 0.5) is 11.4 Å². The zero-order valence-corrected chi connectivity index (χ0v) is 24.0. The van der Waals surface area contributed by atoms with Crippen LogP contribution < -0.4 is 16.0 Å². The van der Waals surface area contributed by atoms with Crippen LogP contribution in [-0.2, 0) is 9.59 Å². The molecule has 5 rings (SSSR count). The van der Waals surface area contributed by atoms with Crippen LogP contribution in [0.5, 0.6) is 0 Å². The normalized spacial score (nSPS) is 12.0. The lowest BCUT2D eigenvalue weighted by Gasteiger charge is -2.14. The van der Waals surface area contributed by atoms with Crippen molar-refractivity contribution >= 4 is 57.8 Å². The fourth-order valence-corrected chi connectivity index (χ4v) is 5.31. The largest absolute Gasteiger partial charge is 0.361 e. The van der Waals surface area contributed by atoms with Crippen molar-refractivity contribution in [3.63, 3.8) is 0 Å². The van der Waals surface area contributed by atoms with Gasteiger partial charge in [0.05, 0.1) is 5.25 Å². The summed E-state index contributed by atoms with van der Waals surface area (Å²) in [7, 11) is 0. The van der Waals surface area contributed by atoms with Gasteiger partial charge in [-0.15, -0.1) is 11.8 Å². The van der Waals surface area contributed by atoms with Crippen LogP contribution >= 0.6 is 11.8 Å². The molecule has 0 bridgehead atoms. The number of amides is 3. The van der Waals surface area contributed by atoms with Crippen LogP contribution in [-0.4, -0.2) is 28.0 Å². The number of anilines is 2. The van der Waals surface area contributed by atoms with Gasteiger partial charge in [-0.1, -0.05) is 54.6 Å². The molecule has 210 valence electrons. The van der Waals surface area contributed by atoms with Crippen molar-refractivity contribution in [1.82, 2.24) is 10.3 Å². The highest BCUT2D eigenvalue weighted by atomic mass is 32.2. The minimum atomic E-state index is -0.475. The molecule has 4 aromatic carbocycles. The van der Waals surface area contributed by atoms with Crippen molar-refractivity contribution in [2.75, 3.05) is 10.6 Å². The molecule has 0 aliphatic heterocycles. The van der Waals surface area contributed by atoms with E-state index in [1.54, 1.807) is 48.7 Å². The summed E-state index contributed by atoms with van der Waals surface area (Å²) in [5, 5.41) is 9.18. The Morgan fingerprint density at radius 2 is 1.52 bits per heavy atom. The molecule has 0 saturated carbocycles. The highest BCUT2D eigenvalue weighted by Gasteiger charge is 2.18. The molecule has 1 unspecified atom stereocenters. The van der Waals surface area contributed by atoms with E-state index < -0.39 is 11.8 Å². The van der Waals surface area contributed by atoms with Gasteiger partial charge in [-0.3, -0.25) is 14.4 Å². The minimum Gasteiger partial charge on any atom is -0.361 e. The molecule has 1 atom stereocenters. The quantitative estimate of drug-likeness (QED) is 0.112. The molecule has 1 heterocycles. The van der Waals surface area contributed by atoms with Crippen molar-refractivity contribution in [2.45, 2.75) is 24.0 Å². The van der Waals surface area contributed by atoms with E-state index in [1.807, 2.05) is 80.6 Å². The second kappa shape index (κ2) is 13.1. The third kappa shape index (κ3) is 7.16. The molecular weight excluding hydrogens is 544 g/mol. The van der Waals surface area contributed by atoms with E-state index in [0.29, 0.717) is 11.3 Å². The summed E-state index contributed by atoms with van der Waals surface area (Å²) in [5.74, 6) is -0.987. The number of rotatable bonds is 9. The number of para-hydroxylation sites is 1. The third-order valence-electron chi connectivity index (χ3n) is 6.51. The summed E-state index contributed by atoms with van der Waals surface area (Å²) in [4.78, 5) is 43.4. The number of aromatic nitrogens is 1. The summed E-state index contributed by atoms with van der Waals surface area (Å²) in [6, 6.07) is 31.4. The van der Waals surface area contributed by atoms with Crippen LogP contribution in [0.1, 0.15) is 28.4 Å². The lowest BCUT2D eigenvalue weighted by Crippen LogP contribution is -2.30. The summed E-state index contributed by atoms with van der Waals surface area (Å²) in [6.45, 7) is 3.81. The minimum absolute atomic E-state index is 0.0950. The van der Waals surface area contributed by atoms with Gasteiger partial charge in [-0.25, -0.2) is 0 Å². The number of aromatic amines is 1. The number of thioether (sulfide) groups is 1. The molecule has 0 aliphatic rings. The summed E-state index contributed by atoms with van der Waals surface area (Å²) in [6.07, 6.45) is 3.46. The van der Waals surface area contributed by atoms with E-state index in [2.05, 4.69) is 20.9 Å². The number of carbonyl (C=O) groups is 3. The van der Waals surface area contributed by atoms with Crippen LogP contribution in [0.2, 0.25) is 0 Å². The Bertz CT molecular complexity index is 1780. The summed E-state index contributed by atoms with van der Waals surface area (Å²) in [5.41, 5.74) is 4.57. The standard InChI is InChI=1S/C34H30N4O3S/c1-22-10-8-13-26(18-22)36-32(39)23(2)42-28-15-9-14-27(20-28)37-34(41)31(38-33(40)24-11-4-3-5-12-24)19-25-21-35-30-17-7-6-16-29(25)30/h3-21,23,35H,1-2H3,(H,36,39)(H,37,41)(H,38,40)/b31-19-. The van der Waals surface area contributed by atoms with Gasteiger partial charge in [0, 0.05) is 44.5 Å². The van der Waals surface area contributed by atoms with Gasteiger partial charge < -0.3 is 20.9 Å². The first kappa shape index (κ1) is 28.4. The number of H-pyrrole nitrogens is 1. The molecule has 0 aliphatic carbocycles. The Morgan fingerprint density at radius 1 is 0.810 bits per heavy atom. The van der Waals surface area contributed by atoms with E-state index in [0.717, 1.165) is 32.6 Å². The summed E-state index contributed by atoms with van der Waals surface area (Å²) < 4.78 is 0. The molecule has 4 N–H and O–H groups in total. The lowest BCUT2D eigenvalue weighted by atomic mass is 10.1. The molecule has 8 heteroatoms. The van der Waals surface area contributed by atoms with Gasteiger partial charge in [0.2, 0.25) is 5.91 Å². The van der Waals surface area contributed by atoms with Gasteiger partial charge in [-0.05, 0) is 74.0 Å². The first-order valence-electron chi connectivity index (χ1n) is 13.5. The number of nitrogens with one attached hydrogen (secondary N) is 4. The fourth-order valence-electron chi connectivity index (χ4n) is 4.38. The topological polar surface area (TPSA) is 103 Å². The maximum Gasteiger partial charge on any atom is 0.272 e. The maximum absolute atomic E-state index is 13.5. The Labute approximate surface area is 248 Å². The molecule has 1 aromatic heterocycles. The van der Waals surface area contributed by atoms with E-state index in [-0.39, 0.29) is 16.9 Å². The predicted molar refractivity (Wildman–Crippen MR) is 170 cm³/mol. The third-order valence-corrected chi connectivity index (χ3v) is 7.60. The Morgan fingerprint density at radius 3 is 2.31 bits per heavy atom. The molecule has 42 heavy (non-hydrogen) atoms. The number of aryl methyl sites for hydroxylation is 1. The van der Waals surface area contributed by atoms with Crippen molar-refractivity contribution in [3.05, 3.63) is 132 Å². The highest BCUT2D eigenvalue weighted by Crippen LogP contribution is 2.27. The van der Waals surface area contributed by atoms with Gasteiger partial charge in [-0.2, -0.15) is 0 Å². The molecule has 7 nitrogen and oxygen atoms in total. The van der Waals surface area contributed by atoms with Gasteiger partial charge in [0.15, 0.2) is 0 Å². The Kier molecular flexibility index (Phi) is 8.84. The van der Waals surface area contributed by atoms with E-state index >= 15 is 0 Å². The average molecular weight is 575 g/mol. The Balaban J connectivity index is 1.33. The molecule has 3 amide bonds. The van der Waals surface area contributed by atoms with Crippen molar-refractivity contribution in [3.8, 4) is 0 Å². The molecule has 0 saturated heterocycles. The second-order valence-corrected chi connectivity index (χ2v) is 11.2. The second-order valence-electron chi connectivity index (χ2n) is 9.77. The molecule has 0 fully saturated rings. The lowest BCUT2D eigenvalue weighted by molar-refractivity contribution is -0.115. The van der Waals surface area contributed by atoms with Gasteiger partial charge in [0.25, 0.3) is 11.8 Å². The van der Waals surface area contributed by atoms with Crippen LogP contribution in [0, 0.1) is 6.92 Å². The smallest absolute Gasteiger partial charge is 0.272 e. The van der Waals surface area contributed by atoms with E-state index in [9.17, 15) is 14.4 Å². The monoisotopic (exact) mass is 574 g/mol. The van der Waals surface area contributed by atoms with Gasteiger partial charge in [0.1, 0.15) is 5.70 Å². The van der Waals surface area contributed by atoms with Crippen molar-refractivity contribution in [2.24, 2.45) is 0 Å². The molecular formula is C34H30N4O3S. The number of hydrogen-bond acceptors (Lipinski definition) is 4. The maximum atomic E-state index is 13.5. The van der Waals surface area contributed by atoms with Crippen LogP contribution in [0.25, 0.3) is 17.0 Å². The van der Waals surface area contributed by atoms with Crippen LogP contribution in [0.3, 0.4) is 0 Å². The number of hydrogen-bond donors (Lipinski definition) is 4. The molecule has 0 radical (unpaired) electrons. The first-order chi connectivity index (χ1) is 20.4. The average Bonchev–Trinajstić information content (AvgIpc) is 3.40. The zero-order valence-electron chi connectivity index (χ0n) is 23.2. The van der Waals surface area contributed by atoms with E-state index in [4.69, 9.17) is 0 Å². The Hall–Kier alpha value is -5.08. The molecule has 0 spiro atoms.